The van der Waals surface area contributed by atoms with E-state index in [0.717, 1.165) is 5.56 Å². The van der Waals surface area contributed by atoms with E-state index in [1.165, 1.54) is 0 Å². The third-order valence-corrected chi connectivity index (χ3v) is 4.56. The van der Waals surface area contributed by atoms with Crippen LogP contribution in [0.2, 0.25) is 5.02 Å². The van der Waals surface area contributed by atoms with Gasteiger partial charge in [-0.1, -0.05) is 48.0 Å². The minimum absolute atomic E-state index is 0.0636. The molecule has 1 heterocycles. The number of morpholine rings is 1. The number of amides is 1. The molecule has 1 amide bonds. The van der Waals surface area contributed by atoms with Gasteiger partial charge in [-0.2, -0.15) is 0 Å². The van der Waals surface area contributed by atoms with Crippen LogP contribution in [0.4, 0.5) is 0 Å². The zero-order valence-electron chi connectivity index (χ0n) is 15.3. The maximum Gasteiger partial charge on any atom is 0.263 e. The van der Waals surface area contributed by atoms with Crippen molar-refractivity contribution in [1.29, 1.82) is 0 Å². The molecule has 0 saturated carbocycles. The molecule has 5 nitrogen and oxygen atoms in total. The highest BCUT2D eigenvalue weighted by molar-refractivity contribution is 6.30. The van der Waals surface area contributed by atoms with E-state index >= 15 is 0 Å². The Labute approximate surface area is 164 Å². The molecule has 1 aliphatic rings. The Kier molecular flexibility index (Phi) is 7.10. The Morgan fingerprint density at radius 2 is 2.07 bits per heavy atom. The summed E-state index contributed by atoms with van der Waals surface area (Å²) in [6, 6.07) is 17.0. The van der Waals surface area contributed by atoms with Crippen molar-refractivity contribution in [3.63, 3.8) is 0 Å². The number of rotatable bonds is 7. The maximum atomic E-state index is 12.7. The Balaban J connectivity index is 1.47. The molecule has 3 rings (SSSR count). The summed E-state index contributed by atoms with van der Waals surface area (Å²) in [6.45, 7) is 4.27. The second-order valence-corrected chi connectivity index (χ2v) is 6.93. The summed E-state index contributed by atoms with van der Waals surface area (Å²) in [7, 11) is 0. The molecule has 27 heavy (non-hydrogen) atoms. The third-order valence-electron chi connectivity index (χ3n) is 4.32. The van der Waals surface area contributed by atoms with Gasteiger partial charge in [0.05, 0.1) is 25.9 Å². The van der Waals surface area contributed by atoms with E-state index in [1.54, 1.807) is 36.1 Å². The van der Waals surface area contributed by atoms with Crippen molar-refractivity contribution in [2.75, 3.05) is 26.3 Å². The number of carbonyl (C=O) groups is 1. The first kappa shape index (κ1) is 19.7. The van der Waals surface area contributed by atoms with Gasteiger partial charge < -0.3 is 19.1 Å². The van der Waals surface area contributed by atoms with Crippen molar-refractivity contribution in [1.82, 2.24) is 4.90 Å². The van der Waals surface area contributed by atoms with E-state index in [1.807, 2.05) is 30.3 Å². The fraction of sp³-hybridized carbons (Fsp3) is 0.381. The number of carbonyl (C=O) groups excluding carboxylic acids is 1. The zero-order valence-corrected chi connectivity index (χ0v) is 16.1. The number of halogens is 1. The standard InChI is InChI=1S/C21H24ClNO4/c1-16(27-19-9-5-8-18(22)12-19)21(24)23-10-11-26-20(13-23)15-25-14-17-6-3-2-4-7-17/h2-9,12,16,20H,10-11,13-15H2,1H3. The molecule has 144 valence electrons. The van der Waals surface area contributed by atoms with Crippen LogP contribution in [0.1, 0.15) is 12.5 Å². The minimum atomic E-state index is -0.590. The summed E-state index contributed by atoms with van der Waals surface area (Å²) in [5.41, 5.74) is 1.12. The predicted molar refractivity (Wildman–Crippen MR) is 104 cm³/mol. The largest absolute Gasteiger partial charge is 0.481 e. The molecule has 0 N–H and O–H groups in total. The lowest BCUT2D eigenvalue weighted by atomic mass is 10.2. The van der Waals surface area contributed by atoms with Crippen LogP contribution >= 0.6 is 11.6 Å². The Morgan fingerprint density at radius 3 is 2.85 bits per heavy atom. The Bertz CT molecular complexity index is 740. The van der Waals surface area contributed by atoms with Crippen LogP contribution in [0.3, 0.4) is 0 Å². The molecular formula is C21H24ClNO4. The molecule has 2 atom stereocenters. The van der Waals surface area contributed by atoms with Crippen LogP contribution < -0.4 is 4.74 Å². The van der Waals surface area contributed by atoms with Gasteiger partial charge >= 0.3 is 0 Å². The third kappa shape index (κ3) is 5.96. The molecule has 1 aliphatic heterocycles. The highest BCUT2D eigenvalue weighted by Gasteiger charge is 2.28. The quantitative estimate of drug-likeness (QED) is 0.726. The van der Waals surface area contributed by atoms with Gasteiger partial charge in [0, 0.05) is 18.1 Å². The lowest BCUT2D eigenvalue weighted by Crippen LogP contribution is -2.50. The predicted octanol–water partition coefficient (Wildman–Crippen LogP) is 3.55. The fourth-order valence-corrected chi connectivity index (χ4v) is 3.14. The highest BCUT2D eigenvalue weighted by atomic mass is 35.5. The molecule has 2 aromatic rings. The van der Waals surface area contributed by atoms with E-state index < -0.39 is 6.10 Å². The van der Waals surface area contributed by atoms with Gasteiger partial charge in [0.15, 0.2) is 6.10 Å². The van der Waals surface area contributed by atoms with Crippen molar-refractivity contribution in [2.45, 2.75) is 25.7 Å². The van der Waals surface area contributed by atoms with Crippen LogP contribution in [0.25, 0.3) is 0 Å². The van der Waals surface area contributed by atoms with Crippen molar-refractivity contribution in [3.05, 3.63) is 65.2 Å². The van der Waals surface area contributed by atoms with Gasteiger partial charge in [-0.25, -0.2) is 0 Å². The van der Waals surface area contributed by atoms with Crippen LogP contribution in [-0.4, -0.2) is 49.3 Å². The van der Waals surface area contributed by atoms with Gasteiger partial charge in [0.1, 0.15) is 5.75 Å². The molecule has 0 spiro atoms. The normalized spacial score (nSPS) is 18.1. The van der Waals surface area contributed by atoms with Gasteiger partial charge in [-0.05, 0) is 30.7 Å². The van der Waals surface area contributed by atoms with E-state index in [-0.39, 0.29) is 12.0 Å². The summed E-state index contributed by atoms with van der Waals surface area (Å²) in [4.78, 5) is 14.5. The van der Waals surface area contributed by atoms with E-state index in [0.29, 0.717) is 43.7 Å². The van der Waals surface area contributed by atoms with Crippen LogP contribution in [0, 0.1) is 0 Å². The second-order valence-electron chi connectivity index (χ2n) is 6.50. The molecule has 0 aromatic heterocycles. The first-order chi connectivity index (χ1) is 13.1. The smallest absolute Gasteiger partial charge is 0.263 e. The van der Waals surface area contributed by atoms with Gasteiger partial charge in [-0.3, -0.25) is 4.79 Å². The van der Waals surface area contributed by atoms with Crippen molar-refractivity contribution in [3.8, 4) is 5.75 Å². The second kappa shape index (κ2) is 9.74. The van der Waals surface area contributed by atoms with Crippen molar-refractivity contribution >= 4 is 17.5 Å². The summed E-state index contributed by atoms with van der Waals surface area (Å²) in [5.74, 6) is 0.519. The monoisotopic (exact) mass is 389 g/mol. The van der Waals surface area contributed by atoms with Gasteiger partial charge in [-0.15, -0.1) is 0 Å². The number of ether oxygens (including phenoxy) is 3. The number of benzene rings is 2. The lowest BCUT2D eigenvalue weighted by Gasteiger charge is -2.34. The summed E-state index contributed by atoms with van der Waals surface area (Å²) < 4.78 is 17.2. The average Bonchev–Trinajstić information content (AvgIpc) is 2.68. The topological polar surface area (TPSA) is 48.0 Å². The highest BCUT2D eigenvalue weighted by Crippen LogP contribution is 2.19. The SMILES string of the molecule is CC(Oc1cccc(Cl)c1)C(=O)N1CCOC(COCc2ccccc2)C1. The number of hydrogen-bond donors (Lipinski definition) is 0. The van der Waals surface area contributed by atoms with Gasteiger partial charge in [0.2, 0.25) is 0 Å². The first-order valence-electron chi connectivity index (χ1n) is 9.06. The van der Waals surface area contributed by atoms with Crippen molar-refractivity contribution in [2.24, 2.45) is 0 Å². The molecule has 2 unspecified atom stereocenters. The van der Waals surface area contributed by atoms with Crippen LogP contribution in [0.15, 0.2) is 54.6 Å². The van der Waals surface area contributed by atoms with Crippen LogP contribution in [-0.2, 0) is 20.9 Å². The van der Waals surface area contributed by atoms with E-state index in [9.17, 15) is 4.79 Å². The molecular weight excluding hydrogens is 366 g/mol. The molecule has 6 heteroatoms. The summed E-state index contributed by atoms with van der Waals surface area (Å²) >= 11 is 5.96. The average molecular weight is 390 g/mol. The summed E-state index contributed by atoms with van der Waals surface area (Å²) in [6.07, 6.45) is -0.725. The summed E-state index contributed by atoms with van der Waals surface area (Å²) in [5, 5.41) is 0.578. The maximum absolute atomic E-state index is 12.7. The lowest BCUT2D eigenvalue weighted by molar-refractivity contribution is -0.148. The van der Waals surface area contributed by atoms with Crippen LogP contribution in [0.5, 0.6) is 5.75 Å². The molecule has 0 bridgehead atoms. The van der Waals surface area contributed by atoms with Crippen molar-refractivity contribution < 1.29 is 19.0 Å². The van der Waals surface area contributed by atoms with Gasteiger partial charge in [0.25, 0.3) is 5.91 Å². The fourth-order valence-electron chi connectivity index (χ4n) is 2.95. The Hall–Kier alpha value is -2.08. The molecule has 0 radical (unpaired) electrons. The number of hydrogen-bond acceptors (Lipinski definition) is 4. The molecule has 1 fully saturated rings. The Morgan fingerprint density at radius 1 is 1.26 bits per heavy atom. The zero-order chi connectivity index (χ0) is 19.1. The molecule has 1 saturated heterocycles. The molecule has 0 aliphatic carbocycles. The van der Waals surface area contributed by atoms with E-state index in [2.05, 4.69) is 0 Å². The first-order valence-corrected chi connectivity index (χ1v) is 9.44. The van der Waals surface area contributed by atoms with E-state index in [4.69, 9.17) is 25.8 Å². The molecule has 2 aromatic carbocycles. The minimum Gasteiger partial charge on any atom is -0.481 e. The number of nitrogens with zero attached hydrogens (tertiary/aromatic N) is 1.